The molecule has 1 aromatic heterocycles. The summed E-state index contributed by atoms with van der Waals surface area (Å²) < 4.78 is 1.53. The summed E-state index contributed by atoms with van der Waals surface area (Å²) in [4.78, 5) is 11.2. The molecule has 0 aliphatic carbocycles. The maximum Gasteiger partial charge on any atom is 0.459 e. The van der Waals surface area contributed by atoms with Crippen LogP contribution >= 0.6 is 0 Å². The van der Waals surface area contributed by atoms with E-state index in [0.717, 1.165) is 16.7 Å². The van der Waals surface area contributed by atoms with E-state index in [1.807, 2.05) is 91.0 Å². The first-order valence-corrected chi connectivity index (χ1v) is 8.46. The molecule has 4 rings (SSSR count). The van der Waals surface area contributed by atoms with Gasteiger partial charge in [0, 0.05) is 16.7 Å². The van der Waals surface area contributed by atoms with Crippen LogP contribution in [0.5, 0.6) is 0 Å². The first-order chi connectivity index (χ1) is 13.2. The molecule has 0 radical (unpaired) electrons. The van der Waals surface area contributed by atoms with E-state index in [0.29, 0.717) is 0 Å². The molecule has 3 aromatic carbocycles. The van der Waals surface area contributed by atoms with Crippen LogP contribution < -0.4 is 0 Å². The van der Waals surface area contributed by atoms with Gasteiger partial charge in [0.15, 0.2) is 11.9 Å². The summed E-state index contributed by atoms with van der Waals surface area (Å²) in [6.45, 7) is 0. The van der Waals surface area contributed by atoms with Gasteiger partial charge in [0.25, 0.3) is 0 Å². The van der Waals surface area contributed by atoms with Crippen LogP contribution in [0.1, 0.15) is 16.7 Å². The van der Waals surface area contributed by atoms with Crippen LogP contribution in [0.3, 0.4) is 0 Å². The quantitative estimate of drug-likeness (QED) is 0.307. The smallest absolute Gasteiger partial charge is 0.390 e. The van der Waals surface area contributed by atoms with E-state index < -0.39 is 10.5 Å². The van der Waals surface area contributed by atoms with Gasteiger partial charge in [-0.2, -0.15) is 4.57 Å². The molecule has 6 nitrogen and oxygen atoms in total. The molecule has 27 heavy (non-hydrogen) atoms. The summed E-state index contributed by atoms with van der Waals surface area (Å²) in [7, 11) is 0. The zero-order chi connectivity index (χ0) is 18.7. The third-order valence-electron chi connectivity index (χ3n) is 4.63. The standard InChI is InChI=1S/C21H16N4O2/c26-25(27)20-23-22-16-24(20)21(17-10-4-1-5-11-17,18-12-6-2-7-13-18)19-14-8-3-9-15-19/h1-16H. The van der Waals surface area contributed by atoms with Crippen molar-refractivity contribution in [1.82, 2.24) is 14.8 Å². The van der Waals surface area contributed by atoms with Crippen molar-refractivity contribution in [1.29, 1.82) is 0 Å². The van der Waals surface area contributed by atoms with Gasteiger partial charge in [0.05, 0.1) is 5.10 Å². The van der Waals surface area contributed by atoms with Crippen molar-refractivity contribution >= 4 is 5.95 Å². The Morgan fingerprint density at radius 1 is 0.741 bits per heavy atom. The molecule has 4 aromatic rings. The minimum absolute atomic E-state index is 0.313. The van der Waals surface area contributed by atoms with E-state index in [9.17, 15) is 10.1 Å². The van der Waals surface area contributed by atoms with Gasteiger partial charge in [0.1, 0.15) is 0 Å². The molecule has 1 heterocycles. The highest BCUT2D eigenvalue weighted by atomic mass is 16.6. The van der Waals surface area contributed by atoms with Gasteiger partial charge < -0.3 is 10.1 Å². The Balaban J connectivity index is 2.17. The number of nitro groups is 1. The summed E-state index contributed by atoms with van der Waals surface area (Å²) in [5, 5.41) is 19.3. The van der Waals surface area contributed by atoms with Crippen molar-refractivity contribution in [3.05, 3.63) is 124 Å². The third-order valence-corrected chi connectivity index (χ3v) is 4.63. The molecule has 0 N–H and O–H groups in total. The van der Waals surface area contributed by atoms with Gasteiger partial charge >= 0.3 is 5.95 Å². The second kappa shape index (κ2) is 6.84. The average Bonchev–Trinajstić information content (AvgIpc) is 3.22. The second-order valence-corrected chi connectivity index (χ2v) is 6.07. The molecular weight excluding hydrogens is 340 g/mol. The van der Waals surface area contributed by atoms with Crippen LogP contribution in [0.4, 0.5) is 5.95 Å². The van der Waals surface area contributed by atoms with Crippen LogP contribution in [0.15, 0.2) is 97.3 Å². The van der Waals surface area contributed by atoms with Gasteiger partial charge in [0.2, 0.25) is 0 Å². The highest BCUT2D eigenvalue weighted by Gasteiger charge is 2.45. The largest absolute Gasteiger partial charge is 0.459 e. The highest BCUT2D eigenvalue weighted by Crippen LogP contribution is 2.42. The zero-order valence-corrected chi connectivity index (χ0v) is 14.3. The van der Waals surface area contributed by atoms with Gasteiger partial charge in [-0.25, -0.2) is 0 Å². The fourth-order valence-electron chi connectivity index (χ4n) is 3.55. The molecule has 0 fully saturated rings. The maximum atomic E-state index is 11.7. The number of rotatable bonds is 5. The second-order valence-electron chi connectivity index (χ2n) is 6.07. The van der Waals surface area contributed by atoms with Crippen molar-refractivity contribution in [2.45, 2.75) is 5.54 Å². The summed E-state index contributed by atoms with van der Waals surface area (Å²) in [5.74, 6) is -0.313. The molecular formula is C21H16N4O2. The number of aromatic nitrogens is 3. The van der Waals surface area contributed by atoms with E-state index in [1.165, 1.54) is 10.9 Å². The summed E-state index contributed by atoms with van der Waals surface area (Å²) >= 11 is 0. The molecule has 0 atom stereocenters. The summed E-state index contributed by atoms with van der Waals surface area (Å²) in [6, 6.07) is 29.1. The van der Waals surface area contributed by atoms with Crippen LogP contribution in [-0.2, 0) is 5.54 Å². The van der Waals surface area contributed by atoms with Crippen molar-refractivity contribution in [2.24, 2.45) is 0 Å². The van der Waals surface area contributed by atoms with Gasteiger partial charge in [-0.05, 0) is 10.0 Å². The van der Waals surface area contributed by atoms with Gasteiger partial charge in [-0.3, -0.25) is 0 Å². The van der Waals surface area contributed by atoms with Gasteiger partial charge in [-0.1, -0.05) is 91.0 Å². The Morgan fingerprint density at radius 3 is 1.52 bits per heavy atom. The van der Waals surface area contributed by atoms with Crippen molar-refractivity contribution in [2.75, 3.05) is 0 Å². The Hall–Kier alpha value is -3.80. The Bertz CT molecular complexity index is 951. The molecule has 0 saturated carbocycles. The predicted octanol–water partition coefficient (Wildman–Crippen LogP) is 4.03. The lowest BCUT2D eigenvalue weighted by molar-refractivity contribution is -0.397. The fourth-order valence-corrected chi connectivity index (χ4v) is 3.55. The molecule has 0 amide bonds. The normalized spacial score (nSPS) is 11.3. The molecule has 0 saturated heterocycles. The summed E-state index contributed by atoms with van der Waals surface area (Å²) in [5.41, 5.74) is 1.66. The molecule has 132 valence electrons. The Labute approximate surface area is 155 Å². The van der Waals surface area contributed by atoms with Gasteiger partial charge in [-0.15, -0.1) is 0 Å². The Morgan fingerprint density at radius 2 is 1.15 bits per heavy atom. The zero-order valence-electron chi connectivity index (χ0n) is 14.3. The van der Waals surface area contributed by atoms with Crippen LogP contribution in [0.2, 0.25) is 0 Å². The monoisotopic (exact) mass is 356 g/mol. The average molecular weight is 356 g/mol. The number of nitrogens with zero attached hydrogens (tertiary/aromatic N) is 4. The topological polar surface area (TPSA) is 73.8 Å². The van der Waals surface area contributed by atoms with Crippen LogP contribution in [-0.4, -0.2) is 19.7 Å². The molecule has 0 bridgehead atoms. The van der Waals surface area contributed by atoms with E-state index in [2.05, 4.69) is 10.2 Å². The summed E-state index contributed by atoms with van der Waals surface area (Å²) in [6.07, 6.45) is 1.42. The highest BCUT2D eigenvalue weighted by molar-refractivity contribution is 5.51. The maximum absolute atomic E-state index is 11.7. The van der Waals surface area contributed by atoms with E-state index in [1.54, 1.807) is 0 Å². The molecule has 0 aliphatic rings. The van der Waals surface area contributed by atoms with E-state index in [-0.39, 0.29) is 5.95 Å². The number of hydrogen-bond acceptors (Lipinski definition) is 4. The minimum atomic E-state index is -0.977. The van der Waals surface area contributed by atoms with Crippen LogP contribution in [0.25, 0.3) is 0 Å². The Kier molecular flexibility index (Phi) is 4.22. The third kappa shape index (κ3) is 2.67. The lowest BCUT2D eigenvalue weighted by atomic mass is 9.76. The fraction of sp³-hybridized carbons (Fsp3) is 0.0476. The number of hydrogen-bond donors (Lipinski definition) is 0. The minimum Gasteiger partial charge on any atom is -0.390 e. The lowest BCUT2D eigenvalue weighted by Crippen LogP contribution is -2.38. The lowest BCUT2D eigenvalue weighted by Gasteiger charge is -2.33. The molecule has 6 heteroatoms. The molecule has 0 spiro atoms. The van der Waals surface area contributed by atoms with Crippen LogP contribution in [0, 0.1) is 10.1 Å². The SMILES string of the molecule is O=[N+]([O-])c1nncn1C(c1ccccc1)(c1ccccc1)c1ccccc1. The van der Waals surface area contributed by atoms with Crippen molar-refractivity contribution in [3.63, 3.8) is 0 Å². The number of benzene rings is 3. The van der Waals surface area contributed by atoms with E-state index >= 15 is 0 Å². The first kappa shape index (κ1) is 16.7. The predicted molar refractivity (Wildman–Crippen MR) is 101 cm³/mol. The molecule has 0 unspecified atom stereocenters. The van der Waals surface area contributed by atoms with E-state index in [4.69, 9.17) is 0 Å². The van der Waals surface area contributed by atoms with Crippen molar-refractivity contribution in [3.8, 4) is 0 Å². The first-order valence-electron chi connectivity index (χ1n) is 8.46. The van der Waals surface area contributed by atoms with Crippen molar-refractivity contribution < 1.29 is 4.92 Å². The molecule has 0 aliphatic heterocycles.